The van der Waals surface area contributed by atoms with Crippen LogP contribution < -0.4 is 19.5 Å². The van der Waals surface area contributed by atoms with Gasteiger partial charge >= 0.3 is 0 Å². The van der Waals surface area contributed by atoms with Crippen LogP contribution in [0.25, 0.3) is 0 Å². The number of benzene rings is 2. The molecule has 1 amide bonds. The van der Waals surface area contributed by atoms with Gasteiger partial charge in [0.15, 0.2) is 0 Å². The van der Waals surface area contributed by atoms with E-state index < -0.39 is 0 Å². The highest BCUT2D eigenvalue weighted by Crippen LogP contribution is 2.36. The molecular formula is C18H18ClNO4. The molecule has 0 aliphatic carbocycles. The molecule has 2 aromatic carbocycles. The number of halogens is 1. The van der Waals surface area contributed by atoms with Gasteiger partial charge in [0.05, 0.1) is 24.9 Å². The number of methoxy groups -OCH3 is 2. The van der Waals surface area contributed by atoms with Crippen LogP contribution in [-0.4, -0.2) is 26.7 Å². The number of rotatable bonds is 7. The first-order valence-electron chi connectivity index (χ1n) is 7.15. The van der Waals surface area contributed by atoms with Gasteiger partial charge in [-0.05, 0) is 18.2 Å². The Morgan fingerprint density at radius 1 is 1.21 bits per heavy atom. The summed E-state index contributed by atoms with van der Waals surface area (Å²) in [5.41, 5.74) is 0.911. The third-order valence-corrected chi connectivity index (χ3v) is 3.48. The summed E-state index contributed by atoms with van der Waals surface area (Å²) >= 11 is 6.06. The van der Waals surface area contributed by atoms with Crippen molar-refractivity contribution in [1.82, 2.24) is 0 Å². The van der Waals surface area contributed by atoms with Crippen LogP contribution in [0.4, 0.5) is 5.69 Å². The van der Waals surface area contributed by atoms with Gasteiger partial charge in [0.25, 0.3) is 5.91 Å². The average molecular weight is 348 g/mol. The fraction of sp³-hybridized carbons (Fsp3) is 0.167. The summed E-state index contributed by atoms with van der Waals surface area (Å²) in [6, 6.07) is 10.0. The maximum Gasteiger partial charge on any atom is 0.255 e. The molecule has 1 N–H and O–H groups in total. The van der Waals surface area contributed by atoms with Crippen molar-refractivity contribution >= 4 is 23.2 Å². The largest absolute Gasteiger partial charge is 0.495 e. The van der Waals surface area contributed by atoms with E-state index in [1.165, 1.54) is 14.2 Å². The highest BCUT2D eigenvalue weighted by atomic mass is 35.5. The number of hydrogen-bond donors (Lipinski definition) is 1. The molecule has 0 saturated carbocycles. The van der Waals surface area contributed by atoms with E-state index in [0.29, 0.717) is 40.1 Å². The summed E-state index contributed by atoms with van der Waals surface area (Å²) in [6.45, 7) is 3.96. The lowest BCUT2D eigenvalue weighted by Crippen LogP contribution is -2.13. The van der Waals surface area contributed by atoms with Crippen LogP contribution in [0.15, 0.2) is 49.1 Å². The van der Waals surface area contributed by atoms with Gasteiger partial charge < -0.3 is 19.5 Å². The quantitative estimate of drug-likeness (QED) is 0.763. The van der Waals surface area contributed by atoms with Crippen LogP contribution in [0.5, 0.6) is 17.2 Å². The summed E-state index contributed by atoms with van der Waals surface area (Å²) in [4.78, 5) is 12.5. The van der Waals surface area contributed by atoms with Crippen molar-refractivity contribution in [2.24, 2.45) is 0 Å². The van der Waals surface area contributed by atoms with Gasteiger partial charge in [0, 0.05) is 17.7 Å². The Kier molecular flexibility index (Phi) is 6.09. The summed E-state index contributed by atoms with van der Waals surface area (Å²) in [5.74, 6) is 1.16. The van der Waals surface area contributed by atoms with Crippen molar-refractivity contribution in [2.75, 3.05) is 26.1 Å². The molecule has 0 heterocycles. The molecule has 2 rings (SSSR count). The van der Waals surface area contributed by atoms with Crippen LogP contribution in [0.2, 0.25) is 5.02 Å². The molecular weight excluding hydrogens is 330 g/mol. The molecule has 0 aliphatic heterocycles. The maximum absolute atomic E-state index is 12.5. The lowest BCUT2D eigenvalue weighted by molar-refractivity contribution is 0.102. The van der Waals surface area contributed by atoms with Gasteiger partial charge in [-0.25, -0.2) is 0 Å². The third-order valence-electron chi connectivity index (χ3n) is 3.19. The van der Waals surface area contributed by atoms with Crippen molar-refractivity contribution in [2.45, 2.75) is 0 Å². The number of ether oxygens (including phenoxy) is 3. The highest BCUT2D eigenvalue weighted by molar-refractivity contribution is 6.32. The van der Waals surface area contributed by atoms with Crippen molar-refractivity contribution in [1.29, 1.82) is 0 Å². The van der Waals surface area contributed by atoms with Gasteiger partial charge in [0.2, 0.25) is 0 Å². The first-order valence-corrected chi connectivity index (χ1v) is 7.53. The minimum atomic E-state index is -0.304. The van der Waals surface area contributed by atoms with Gasteiger partial charge in [-0.15, -0.1) is 0 Å². The zero-order valence-electron chi connectivity index (χ0n) is 13.5. The Balaban J connectivity index is 2.24. The Labute approximate surface area is 145 Å². The molecule has 0 spiro atoms. The number of carbonyl (C=O) groups is 1. The topological polar surface area (TPSA) is 56.8 Å². The van der Waals surface area contributed by atoms with E-state index in [1.54, 1.807) is 42.5 Å². The van der Waals surface area contributed by atoms with E-state index in [-0.39, 0.29) is 5.91 Å². The van der Waals surface area contributed by atoms with Gasteiger partial charge in [0.1, 0.15) is 23.9 Å². The highest BCUT2D eigenvalue weighted by Gasteiger charge is 2.14. The maximum atomic E-state index is 12.5. The van der Waals surface area contributed by atoms with E-state index in [2.05, 4.69) is 11.9 Å². The molecule has 24 heavy (non-hydrogen) atoms. The molecule has 0 aliphatic rings. The lowest BCUT2D eigenvalue weighted by atomic mass is 10.2. The van der Waals surface area contributed by atoms with E-state index in [9.17, 15) is 4.79 Å². The molecule has 2 aromatic rings. The summed E-state index contributed by atoms with van der Waals surface area (Å²) in [5, 5.41) is 3.18. The second-order valence-corrected chi connectivity index (χ2v) is 5.18. The number of hydrogen-bond acceptors (Lipinski definition) is 4. The normalized spacial score (nSPS) is 9.96. The Bertz CT molecular complexity index is 746. The second kappa shape index (κ2) is 8.26. The van der Waals surface area contributed by atoms with E-state index in [0.717, 1.165) is 0 Å². The predicted molar refractivity (Wildman–Crippen MR) is 94.6 cm³/mol. The molecule has 0 unspecified atom stereocenters. The number of carbonyl (C=O) groups excluding carboxylic acids is 1. The molecule has 0 saturated heterocycles. The fourth-order valence-corrected chi connectivity index (χ4v) is 2.27. The number of nitrogens with one attached hydrogen (secondary N) is 1. The number of amides is 1. The minimum Gasteiger partial charge on any atom is -0.495 e. The summed E-state index contributed by atoms with van der Waals surface area (Å²) < 4.78 is 15.8. The summed E-state index contributed by atoms with van der Waals surface area (Å²) in [7, 11) is 3.00. The van der Waals surface area contributed by atoms with Gasteiger partial charge in [-0.1, -0.05) is 30.3 Å². The Morgan fingerprint density at radius 2 is 1.96 bits per heavy atom. The summed E-state index contributed by atoms with van der Waals surface area (Å²) in [6.07, 6.45) is 1.64. The average Bonchev–Trinajstić information content (AvgIpc) is 2.61. The van der Waals surface area contributed by atoms with Crippen LogP contribution in [0.3, 0.4) is 0 Å². The van der Waals surface area contributed by atoms with Crippen molar-refractivity contribution < 1.29 is 19.0 Å². The van der Waals surface area contributed by atoms with Crippen LogP contribution in [-0.2, 0) is 0 Å². The third kappa shape index (κ3) is 4.20. The molecule has 0 radical (unpaired) electrons. The van der Waals surface area contributed by atoms with Crippen molar-refractivity contribution in [3.8, 4) is 17.2 Å². The van der Waals surface area contributed by atoms with Crippen molar-refractivity contribution in [3.63, 3.8) is 0 Å². The molecule has 0 aromatic heterocycles. The molecule has 0 fully saturated rings. The Hall–Kier alpha value is -2.66. The minimum absolute atomic E-state index is 0.304. The van der Waals surface area contributed by atoms with E-state index in [1.807, 2.05) is 0 Å². The SMILES string of the molecule is C=CCOc1cccc(C(=O)Nc2cc(OC)c(Cl)cc2OC)c1. The molecule has 126 valence electrons. The van der Waals surface area contributed by atoms with E-state index >= 15 is 0 Å². The van der Waals surface area contributed by atoms with Crippen LogP contribution in [0, 0.1) is 0 Å². The zero-order valence-corrected chi connectivity index (χ0v) is 14.2. The molecule has 6 heteroatoms. The second-order valence-electron chi connectivity index (χ2n) is 4.77. The van der Waals surface area contributed by atoms with Crippen molar-refractivity contribution in [3.05, 3.63) is 59.6 Å². The standard InChI is InChI=1S/C18H18ClNO4/c1-4-8-24-13-7-5-6-12(9-13)18(21)20-15-11-16(22-2)14(19)10-17(15)23-3/h4-7,9-11H,1,8H2,2-3H3,(H,20,21). The zero-order chi connectivity index (χ0) is 17.5. The Morgan fingerprint density at radius 3 is 2.62 bits per heavy atom. The predicted octanol–water partition coefficient (Wildman–Crippen LogP) is 4.17. The first-order chi connectivity index (χ1) is 11.6. The lowest BCUT2D eigenvalue weighted by Gasteiger charge is -2.13. The van der Waals surface area contributed by atoms with Gasteiger partial charge in [-0.2, -0.15) is 0 Å². The monoisotopic (exact) mass is 347 g/mol. The molecule has 5 nitrogen and oxygen atoms in total. The fourth-order valence-electron chi connectivity index (χ4n) is 2.03. The number of anilines is 1. The van der Waals surface area contributed by atoms with Crippen LogP contribution in [0.1, 0.15) is 10.4 Å². The molecule has 0 bridgehead atoms. The smallest absolute Gasteiger partial charge is 0.255 e. The molecule has 0 atom stereocenters. The van der Waals surface area contributed by atoms with Gasteiger partial charge in [-0.3, -0.25) is 4.79 Å². The van der Waals surface area contributed by atoms with E-state index in [4.69, 9.17) is 25.8 Å². The van der Waals surface area contributed by atoms with Crippen LogP contribution >= 0.6 is 11.6 Å². The first kappa shape index (κ1) is 17.7.